The molecule has 0 saturated carbocycles. The zero-order valence-electron chi connectivity index (χ0n) is 19.2. The van der Waals surface area contributed by atoms with Gasteiger partial charge in [-0.2, -0.15) is 10.1 Å². The summed E-state index contributed by atoms with van der Waals surface area (Å²) < 4.78 is 25.4. The lowest BCUT2D eigenvalue weighted by Gasteiger charge is -2.14. The number of para-hydroxylation sites is 1. The number of amides is 1. The maximum atomic E-state index is 13.7. The van der Waals surface area contributed by atoms with Gasteiger partial charge in [-0.05, 0) is 84.4 Å². The van der Waals surface area contributed by atoms with Crippen LogP contribution in [0, 0.1) is 5.82 Å². The molecule has 0 unspecified atom stereocenters. The number of hydrogen-bond donors (Lipinski definition) is 0. The van der Waals surface area contributed by atoms with Crippen LogP contribution in [0.5, 0.6) is 17.2 Å². The molecule has 8 heteroatoms. The predicted molar refractivity (Wildman–Crippen MR) is 140 cm³/mol. The lowest BCUT2D eigenvalue weighted by molar-refractivity contribution is 0.0988. The van der Waals surface area contributed by atoms with E-state index in [1.165, 1.54) is 28.5 Å². The normalized spacial score (nSPS) is 11.1. The number of carbonyl (C=O) groups excluding carboxylic acids is 1. The molecule has 0 aliphatic heterocycles. The minimum Gasteiger partial charge on any atom is -0.497 e. The molecule has 4 aromatic carbocycles. The Balaban J connectivity index is 1.45. The molecular formula is C28H20FN3O3S. The Labute approximate surface area is 210 Å². The smallest absolute Gasteiger partial charge is 0.280 e. The summed E-state index contributed by atoms with van der Waals surface area (Å²) in [5.41, 5.74) is 1.75. The highest BCUT2D eigenvalue weighted by Crippen LogP contribution is 2.31. The van der Waals surface area contributed by atoms with Gasteiger partial charge in [0.2, 0.25) is 5.13 Å². The van der Waals surface area contributed by atoms with Gasteiger partial charge < -0.3 is 9.47 Å². The quantitative estimate of drug-likeness (QED) is 0.181. The van der Waals surface area contributed by atoms with Gasteiger partial charge in [0.1, 0.15) is 23.1 Å². The van der Waals surface area contributed by atoms with Crippen molar-refractivity contribution in [3.63, 3.8) is 0 Å². The molecule has 0 fully saturated rings. The first-order valence-corrected chi connectivity index (χ1v) is 11.8. The van der Waals surface area contributed by atoms with Gasteiger partial charge in [0.25, 0.3) is 5.91 Å². The number of halogens is 1. The van der Waals surface area contributed by atoms with Crippen molar-refractivity contribution in [3.8, 4) is 17.2 Å². The second kappa shape index (κ2) is 10.4. The van der Waals surface area contributed by atoms with Crippen LogP contribution in [0.1, 0.15) is 15.9 Å². The van der Waals surface area contributed by atoms with Crippen LogP contribution >= 0.6 is 11.3 Å². The Bertz CT molecular complexity index is 1520. The van der Waals surface area contributed by atoms with E-state index in [0.29, 0.717) is 38.2 Å². The number of anilines is 1. The highest BCUT2D eigenvalue weighted by molar-refractivity contribution is 7.22. The fourth-order valence-electron chi connectivity index (χ4n) is 3.39. The summed E-state index contributed by atoms with van der Waals surface area (Å²) in [7, 11) is 1.59. The third-order valence-corrected chi connectivity index (χ3v) is 6.22. The maximum Gasteiger partial charge on any atom is 0.280 e. The maximum absolute atomic E-state index is 13.7. The summed E-state index contributed by atoms with van der Waals surface area (Å²) in [6.07, 6.45) is 1.57. The van der Waals surface area contributed by atoms with Crippen LogP contribution in [0.3, 0.4) is 0 Å². The molecule has 6 nitrogen and oxygen atoms in total. The minimum absolute atomic E-state index is 0.329. The number of ether oxygens (including phenoxy) is 2. The molecule has 178 valence electrons. The fraction of sp³-hybridized carbons (Fsp3) is 0.0357. The Kier molecular flexibility index (Phi) is 6.68. The summed E-state index contributed by atoms with van der Waals surface area (Å²) in [6, 6.07) is 27.7. The predicted octanol–water partition coefficient (Wildman–Crippen LogP) is 6.92. The SMILES string of the molecule is COc1ccc(/C=N/N(C(=O)c2ccc(Oc3ccccc3)cc2)c2nc3ccc(F)cc3s2)cc1. The standard InChI is InChI=1S/C28H20FN3O3S/c1-34-22-12-7-19(8-13-22)18-30-32(28-31-25-16-11-21(29)17-26(25)36-28)27(33)20-9-14-24(15-10-20)35-23-5-3-2-4-6-23/h2-18H,1H3/b30-18+. The average Bonchev–Trinajstić information content (AvgIpc) is 3.33. The van der Waals surface area contributed by atoms with Crippen LogP contribution in [-0.2, 0) is 0 Å². The first kappa shape index (κ1) is 23.2. The van der Waals surface area contributed by atoms with E-state index in [-0.39, 0.29) is 11.7 Å². The zero-order chi connectivity index (χ0) is 24.9. The van der Waals surface area contributed by atoms with E-state index < -0.39 is 0 Å². The van der Waals surface area contributed by atoms with Crippen molar-refractivity contribution in [1.29, 1.82) is 0 Å². The second-order valence-electron chi connectivity index (χ2n) is 7.68. The molecule has 0 bridgehead atoms. The Morgan fingerprint density at radius 1 is 0.917 bits per heavy atom. The van der Waals surface area contributed by atoms with Gasteiger partial charge in [0, 0.05) is 5.56 Å². The number of rotatable bonds is 7. The van der Waals surface area contributed by atoms with Gasteiger partial charge in [-0.3, -0.25) is 4.79 Å². The first-order valence-electron chi connectivity index (χ1n) is 11.0. The highest BCUT2D eigenvalue weighted by atomic mass is 32.1. The number of nitrogens with zero attached hydrogens (tertiary/aromatic N) is 3. The molecule has 1 aromatic heterocycles. The van der Waals surface area contributed by atoms with Crippen LogP contribution in [0.15, 0.2) is 102 Å². The van der Waals surface area contributed by atoms with Crippen LogP contribution in [0.2, 0.25) is 0 Å². The summed E-state index contributed by atoms with van der Waals surface area (Å²) in [5, 5.41) is 6.00. The molecule has 1 amide bonds. The van der Waals surface area contributed by atoms with Crippen LogP contribution in [0.25, 0.3) is 10.2 Å². The first-order chi connectivity index (χ1) is 17.6. The molecule has 0 aliphatic carbocycles. The molecule has 36 heavy (non-hydrogen) atoms. The molecule has 1 heterocycles. The van der Waals surface area contributed by atoms with E-state index in [0.717, 1.165) is 5.56 Å². The van der Waals surface area contributed by atoms with Crippen LogP contribution in [0.4, 0.5) is 9.52 Å². The molecule has 0 atom stereocenters. The molecule has 0 radical (unpaired) electrons. The van der Waals surface area contributed by atoms with Gasteiger partial charge >= 0.3 is 0 Å². The monoisotopic (exact) mass is 497 g/mol. The molecule has 0 spiro atoms. The molecule has 0 saturated heterocycles. The van der Waals surface area contributed by atoms with E-state index in [9.17, 15) is 9.18 Å². The number of thiazole rings is 1. The Morgan fingerprint density at radius 2 is 1.61 bits per heavy atom. The molecule has 0 N–H and O–H groups in total. The lowest BCUT2D eigenvalue weighted by Crippen LogP contribution is -2.25. The molecule has 0 aliphatic rings. The third-order valence-electron chi connectivity index (χ3n) is 5.23. The van der Waals surface area contributed by atoms with Gasteiger partial charge in [-0.1, -0.05) is 29.5 Å². The molecular weight excluding hydrogens is 477 g/mol. The zero-order valence-corrected chi connectivity index (χ0v) is 20.0. The van der Waals surface area contributed by atoms with E-state index >= 15 is 0 Å². The topological polar surface area (TPSA) is 64.0 Å². The Hall–Kier alpha value is -4.56. The fourth-order valence-corrected chi connectivity index (χ4v) is 4.34. The highest BCUT2D eigenvalue weighted by Gasteiger charge is 2.21. The van der Waals surface area contributed by atoms with E-state index in [4.69, 9.17) is 9.47 Å². The van der Waals surface area contributed by atoms with Gasteiger partial charge in [0.05, 0.1) is 23.5 Å². The van der Waals surface area contributed by atoms with Gasteiger partial charge in [0.15, 0.2) is 0 Å². The van der Waals surface area contributed by atoms with E-state index in [1.807, 2.05) is 42.5 Å². The largest absolute Gasteiger partial charge is 0.497 e. The number of fused-ring (bicyclic) bond motifs is 1. The third kappa shape index (κ3) is 5.24. The average molecular weight is 498 g/mol. The van der Waals surface area contributed by atoms with Crippen molar-refractivity contribution < 1.29 is 18.7 Å². The lowest BCUT2D eigenvalue weighted by atomic mass is 10.2. The summed E-state index contributed by atoms with van der Waals surface area (Å²) in [4.78, 5) is 18.0. The van der Waals surface area contributed by atoms with Crippen molar-refractivity contribution in [3.05, 3.63) is 114 Å². The number of hydrazone groups is 1. The van der Waals surface area contributed by atoms with Crippen molar-refractivity contribution in [2.45, 2.75) is 0 Å². The van der Waals surface area contributed by atoms with Crippen molar-refractivity contribution in [2.75, 3.05) is 12.1 Å². The van der Waals surface area contributed by atoms with Crippen LogP contribution in [-0.4, -0.2) is 24.2 Å². The number of methoxy groups -OCH3 is 1. The minimum atomic E-state index is -0.384. The summed E-state index contributed by atoms with van der Waals surface area (Å²) in [5.74, 6) is 1.26. The number of hydrogen-bond acceptors (Lipinski definition) is 6. The molecule has 5 aromatic rings. The van der Waals surface area contributed by atoms with E-state index in [2.05, 4.69) is 10.1 Å². The van der Waals surface area contributed by atoms with E-state index in [1.54, 1.807) is 55.8 Å². The van der Waals surface area contributed by atoms with Crippen LogP contribution < -0.4 is 14.5 Å². The summed E-state index contributed by atoms with van der Waals surface area (Å²) in [6.45, 7) is 0. The molecule has 5 rings (SSSR count). The number of aromatic nitrogens is 1. The van der Waals surface area contributed by atoms with Crippen molar-refractivity contribution >= 4 is 38.8 Å². The van der Waals surface area contributed by atoms with Crippen molar-refractivity contribution in [2.24, 2.45) is 5.10 Å². The van der Waals surface area contributed by atoms with Crippen molar-refractivity contribution in [1.82, 2.24) is 4.98 Å². The number of benzene rings is 4. The summed E-state index contributed by atoms with van der Waals surface area (Å²) >= 11 is 1.18. The Morgan fingerprint density at radius 3 is 2.33 bits per heavy atom. The van der Waals surface area contributed by atoms with Gasteiger partial charge in [-0.15, -0.1) is 0 Å². The van der Waals surface area contributed by atoms with Gasteiger partial charge in [-0.25, -0.2) is 9.37 Å². The second-order valence-corrected chi connectivity index (χ2v) is 8.69. The number of carbonyl (C=O) groups is 1.